The van der Waals surface area contributed by atoms with Crippen molar-refractivity contribution >= 4 is 11.6 Å². The van der Waals surface area contributed by atoms with Crippen molar-refractivity contribution in [2.45, 2.75) is 19.9 Å². The fourth-order valence-corrected chi connectivity index (χ4v) is 3.62. The van der Waals surface area contributed by atoms with Gasteiger partial charge in [-0.25, -0.2) is 8.78 Å². The molecule has 0 spiro atoms. The monoisotopic (exact) mass is 387 g/mol. The lowest BCUT2D eigenvalue weighted by atomic mass is 9.96. The SMILES string of the molecule is CC(C)[C@H](NCC(=O)N1CCN(c2ccccc2F)CC1)c1ccc(F)cc1. The van der Waals surface area contributed by atoms with Crippen molar-refractivity contribution in [1.82, 2.24) is 10.2 Å². The number of rotatable bonds is 6. The Morgan fingerprint density at radius 3 is 2.25 bits per heavy atom. The van der Waals surface area contributed by atoms with Crippen LogP contribution < -0.4 is 10.2 Å². The van der Waals surface area contributed by atoms with Crippen molar-refractivity contribution in [1.29, 1.82) is 0 Å². The molecule has 4 nitrogen and oxygen atoms in total. The lowest BCUT2D eigenvalue weighted by molar-refractivity contribution is -0.130. The maximum absolute atomic E-state index is 13.9. The molecular formula is C22H27F2N3O. The first-order valence-corrected chi connectivity index (χ1v) is 9.72. The van der Waals surface area contributed by atoms with E-state index in [1.54, 1.807) is 24.3 Å². The summed E-state index contributed by atoms with van der Waals surface area (Å²) in [6.07, 6.45) is 0. The van der Waals surface area contributed by atoms with Gasteiger partial charge in [-0.3, -0.25) is 4.79 Å². The highest BCUT2D eigenvalue weighted by Gasteiger charge is 2.24. The Morgan fingerprint density at radius 1 is 1.00 bits per heavy atom. The predicted octanol–water partition coefficient (Wildman–Crippen LogP) is 3.60. The molecule has 150 valence electrons. The summed E-state index contributed by atoms with van der Waals surface area (Å²) in [5, 5.41) is 3.32. The molecule has 28 heavy (non-hydrogen) atoms. The Kier molecular flexibility index (Phi) is 6.62. The number of anilines is 1. The zero-order valence-electron chi connectivity index (χ0n) is 16.4. The summed E-state index contributed by atoms with van der Waals surface area (Å²) in [7, 11) is 0. The summed E-state index contributed by atoms with van der Waals surface area (Å²) in [4.78, 5) is 16.4. The van der Waals surface area contributed by atoms with Crippen LogP contribution in [0.15, 0.2) is 48.5 Å². The third-order valence-corrected chi connectivity index (χ3v) is 5.19. The molecule has 1 fully saturated rings. The summed E-state index contributed by atoms with van der Waals surface area (Å²) in [6, 6.07) is 13.1. The van der Waals surface area contributed by atoms with E-state index < -0.39 is 0 Å². The van der Waals surface area contributed by atoms with E-state index in [2.05, 4.69) is 19.2 Å². The average molecular weight is 387 g/mol. The molecule has 1 aliphatic heterocycles. The number of hydrogen-bond acceptors (Lipinski definition) is 3. The average Bonchev–Trinajstić information content (AvgIpc) is 2.69. The van der Waals surface area contributed by atoms with Crippen LogP contribution in [0.2, 0.25) is 0 Å². The van der Waals surface area contributed by atoms with Gasteiger partial charge in [-0.2, -0.15) is 0 Å². The van der Waals surface area contributed by atoms with Gasteiger partial charge in [0.1, 0.15) is 11.6 Å². The molecule has 1 aliphatic rings. The van der Waals surface area contributed by atoms with Crippen LogP contribution >= 0.6 is 0 Å². The lowest BCUT2D eigenvalue weighted by Crippen LogP contribution is -2.51. The Labute approximate surface area is 165 Å². The number of benzene rings is 2. The van der Waals surface area contributed by atoms with Gasteiger partial charge in [-0.1, -0.05) is 38.1 Å². The van der Waals surface area contributed by atoms with Gasteiger partial charge in [-0.15, -0.1) is 0 Å². The number of carbonyl (C=O) groups excluding carboxylic acids is 1. The molecule has 0 aliphatic carbocycles. The Hall–Kier alpha value is -2.47. The third kappa shape index (κ3) is 4.87. The van der Waals surface area contributed by atoms with Crippen molar-refractivity contribution in [3.05, 3.63) is 65.7 Å². The van der Waals surface area contributed by atoms with Gasteiger partial charge >= 0.3 is 0 Å². The number of halogens is 2. The Morgan fingerprint density at radius 2 is 1.64 bits per heavy atom. The summed E-state index contributed by atoms with van der Waals surface area (Å²) in [6.45, 7) is 6.71. The van der Waals surface area contributed by atoms with Crippen LogP contribution in [-0.2, 0) is 4.79 Å². The number of piperazine rings is 1. The van der Waals surface area contributed by atoms with Crippen LogP contribution in [0.5, 0.6) is 0 Å². The zero-order valence-corrected chi connectivity index (χ0v) is 16.4. The molecule has 1 N–H and O–H groups in total. The fourth-order valence-electron chi connectivity index (χ4n) is 3.62. The van der Waals surface area contributed by atoms with Crippen molar-refractivity contribution in [3.63, 3.8) is 0 Å². The van der Waals surface area contributed by atoms with E-state index in [9.17, 15) is 13.6 Å². The van der Waals surface area contributed by atoms with Crippen LogP contribution in [0.25, 0.3) is 0 Å². The number of amides is 1. The highest BCUT2D eigenvalue weighted by molar-refractivity contribution is 5.78. The molecule has 0 saturated carbocycles. The smallest absolute Gasteiger partial charge is 0.236 e. The van der Waals surface area contributed by atoms with Gasteiger partial charge in [0.25, 0.3) is 0 Å². The molecule has 1 amide bonds. The molecule has 0 bridgehead atoms. The van der Waals surface area contributed by atoms with E-state index in [0.29, 0.717) is 31.9 Å². The van der Waals surface area contributed by atoms with Crippen LogP contribution in [0.4, 0.5) is 14.5 Å². The topological polar surface area (TPSA) is 35.6 Å². The van der Waals surface area contributed by atoms with Crippen LogP contribution in [0.1, 0.15) is 25.5 Å². The normalized spacial score (nSPS) is 15.8. The standard InChI is InChI=1S/C22H27F2N3O/c1-16(2)22(17-7-9-18(23)10-8-17)25-15-21(28)27-13-11-26(12-14-27)20-6-4-3-5-19(20)24/h3-10,16,22,25H,11-15H2,1-2H3/t22-/m0/s1. The highest BCUT2D eigenvalue weighted by Crippen LogP contribution is 2.22. The second kappa shape index (κ2) is 9.15. The van der Waals surface area contributed by atoms with E-state index >= 15 is 0 Å². The minimum Gasteiger partial charge on any atom is -0.366 e. The van der Waals surface area contributed by atoms with Crippen molar-refractivity contribution in [3.8, 4) is 0 Å². The molecule has 3 rings (SSSR count). The molecule has 2 aromatic carbocycles. The predicted molar refractivity (Wildman–Crippen MR) is 107 cm³/mol. The van der Waals surface area contributed by atoms with E-state index in [-0.39, 0.29) is 36.0 Å². The summed E-state index contributed by atoms with van der Waals surface area (Å²) in [5.41, 5.74) is 1.55. The molecule has 1 atom stereocenters. The number of nitrogens with one attached hydrogen (secondary N) is 1. The zero-order chi connectivity index (χ0) is 20.1. The van der Waals surface area contributed by atoms with Crippen LogP contribution in [0, 0.1) is 17.6 Å². The second-order valence-corrected chi connectivity index (χ2v) is 7.47. The molecule has 0 unspecified atom stereocenters. The van der Waals surface area contributed by atoms with E-state index in [1.807, 2.05) is 15.9 Å². The molecule has 0 radical (unpaired) electrons. The van der Waals surface area contributed by atoms with E-state index in [4.69, 9.17) is 0 Å². The lowest BCUT2D eigenvalue weighted by Gasteiger charge is -2.36. The quantitative estimate of drug-likeness (QED) is 0.823. The largest absolute Gasteiger partial charge is 0.366 e. The minimum absolute atomic E-state index is 0.0238. The molecule has 0 aromatic heterocycles. The molecule has 1 saturated heterocycles. The number of hydrogen-bond donors (Lipinski definition) is 1. The van der Waals surface area contributed by atoms with E-state index in [0.717, 1.165) is 5.56 Å². The van der Waals surface area contributed by atoms with Gasteiger partial charge in [0.05, 0.1) is 12.2 Å². The highest BCUT2D eigenvalue weighted by atomic mass is 19.1. The Balaban J connectivity index is 1.53. The molecule has 1 heterocycles. The van der Waals surface area contributed by atoms with Gasteiger partial charge < -0.3 is 15.1 Å². The van der Waals surface area contributed by atoms with Gasteiger partial charge in [-0.05, 0) is 35.7 Å². The van der Waals surface area contributed by atoms with E-state index in [1.165, 1.54) is 18.2 Å². The summed E-state index contributed by atoms with van der Waals surface area (Å²) in [5.74, 6) is -0.213. The Bertz CT molecular complexity index is 787. The first-order valence-electron chi connectivity index (χ1n) is 9.72. The van der Waals surface area contributed by atoms with Crippen LogP contribution in [0.3, 0.4) is 0 Å². The third-order valence-electron chi connectivity index (χ3n) is 5.19. The second-order valence-electron chi connectivity index (χ2n) is 7.47. The number of carbonyl (C=O) groups is 1. The summed E-state index contributed by atoms with van der Waals surface area (Å²) < 4.78 is 27.1. The van der Waals surface area contributed by atoms with Gasteiger partial charge in [0, 0.05) is 32.2 Å². The summed E-state index contributed by atoms with van der Waals surface area (Å²) >= 11 is 0. The molecule has 2 aromatic rings. The maximum Gasteiger partial charge on any atom is 0.236 e. The number of para-hydroxylation sites is 1. The van der Waals surface area contributed by atoms with Gasteiger partial charge in [0.2, 0.25) is 5.91 Å². The number of nitrogens with zero attached hydrogens (tertiary/aromatic N) is 2. The first-order chi connectivity index (χ1) is 13.5. The van der Waals surface area contributed by atoms with Crippen molar-refractivity contribution in [2.75, 3.05) is 37.6 Å². The van der Waals surface area contributed by atoms with Crippen molar-refractivity contribution < 1.29 is 13.6 Å². The van der Waals surface area contributed by atoms with Crippen LogP contribution in [-0.4, -0.2) is 43.5 Å². The van der Waals surface area contributed by atoms with Crippen molar-refractivity contribution in [2.24, 2.45) is 5.92 Å². The maximum atomic E-state index is 13.9. The minimum atomic E-state index is -0.268. The molecular weight excluding hydrogens is 360 g/mol. The fraction of sp³-hybridized carbons (Fsp3) is 0.409. The first kappa shape index (κ1) is 20.3. The molecule has 6 heteroatoms. The van der Waals surface area contributed by atoms with Gasteiger partial charge in [0.15, 0.2) is 0 Å².